The molecule has 0 bridgehead atoms. The average molecular weight is 308 g/mol. The van der Waals surface area contributed by atoms with Crippen LogP contribution in [-0.4, -0.2) is 5.78 Å². The number of nitrogens with zero attached hydrogens (tertiary/aromatic N) is 1. The standard InChI is InChI=1S/C13H7BrFNO2/c14-13-10(5-6-18-13)12(17)11(7-16)8-1-3-9(15)4-2-8/h1-6,11H. The van der Waals surface area contributed by atoms with Gasteiger partial charge in [-0.05, 0) is 39.7 Å². The van der Waals surface area contributed by atoms with Gasteiger partial charge in [0.05, 0.1) is 17.9 Å². The first-order chi connectivity index (χ1) is 8.63. The summed E-state index contributed by atoms with van der Waals surface area (Å²) in [6.45, 7) is 0. The van der Waals surface area contributed by atoms with Crippen molar-refractivity contribution < 1.29 is 13.6 Å². The lowest BCUT2D eigenvalue weighted by Gasteiger charge is -2.07. The highest BCUT2D eigenvalue weighted by Crippen LogP contribution is 2.26. The lowest BCUT2D eigenvalue weighted by atomic mass is 9.93. The molecule has 90 valence electrons. The smallest absolute Gasteiger partial charge is 0.188 e. The number of rotatable bonds is 3. The van der Waals surface area contributed by atoms with Gasteiger partial charge in [0.2, 0.25) is 0 Å². The first kappa shape index (κ1) is 12.5. The van der Waals surface area contributed by atoms with Gasteiger partial charge in [0.15, 0.2) is 10.5 Å². The zero-order valence-electron chi connectivity index (χ0n) is 9.06. The van der Waals surface area contributed by atoms with Crippen molar-refractivity contribution in [3.8, 4) is 6.07 Å². The maximum atomic E-state index is 12.8. The van der Waals surface area contributed by atoms with E-state index in [1.807, 2.05) is 6.07 Å². The Hall–Kier alpha value is -1.93. The first-order valence-electron chi connectivity index (χ1n) is 5.05. The van der Waals surface area contributed by atoms with E-state index in [9.17, 15) is 9.18 Å². The molecule has 0 aliphatic heterocycles. The molecule has 0 aliphatic rings. The number of nitriles is 1. The third-order valence-electron chi connectivity index (χ3n) is 2.48. The summed E-state index contributed by atoms with van der Waals surface area (Å²) in [7, 11) is 0. The van der Waals surface area contributed by atoms with Crippen LogP contribution in [0.2, 0.25) is 0 Å². The fourth-order valence-electron chi connectivity index (χ4n) is 1.57. The molecular formula is C13H7BrFNO2. The third kappa shape index (κ3) is 2.34. The van der Waals surface area contributed by atoms with Gasteiger partial charge in [-0.3, -0.25) is 4.79 Å². The minimum absolute atomic E-state index is 0.287. The zero-order valence-corrected chi connectivity index (χ0v) is 10.6. The molecule has 1 unspecified atom stereocenters. The molecule has 1 atom stereocenters. The predicted octanol–water partition coefficient (Wildman–Crippen LogP) is 3.67. The number of hydrogen-bond donors (Lipinski definition) is 0. The van der Waals surface area contributed by atoms with Gasteiger partial charge in [0, 0.05) is 0 Å². The Morgan fingerprint density at radius 2 is 2.00 bits per heavy atom. The minimum atomic E-state index is -0.973. The average Bonchev–Trinajstić information content (AvgIpc) is 2.78. The van der Waals surface area contributed by atoms with E-state index in [1.165, 1.54) is 36.6 Å². The summed E-state index contributed by atoms with van der Waals surface area (Å²) in [4.78, 5) is 12.1. The van der Waals surface area contributed by atoms with Crippen molar-refractivity contribution in [2.75, 3.05) is 0 Å². The maximum Gasteiger partial charge on any atom is 0.188 e. The van der Waals surface area contributed by atoms with Gasteiger partial charge in [-0.1, -0.05) is 12.1 Å². The van der Waals surface area contributed by atoms with E-state index in [-0.39, 0.29) is 10.5 Å². The van der Waals surface area contributed by atoms with Gasteiger partial charge < -0.3 is 4.42 Å². The normalized spacial score (nSPS) is 11.8. The molecule has 2 aromatic rings. The molecule has 1 aromatic carbocycles. The molecule has 0 saturated carbocycles. The zero-order chi connectivity index (χ0) is 13.1. The molecule has 3 nitrogen and oxygen atoms in total. The highest BCUT2D eigenvalue weighted by atomic mass is 79.9. The van der Waals surface area contributed by atoms with Gasteiger partial charge in [-0.15, -0.1) is 0 Å². The lowest BCUT2D eigenvalue weighted by Crippen LogP contribution is -2.11. The number of benzene rings is 1. The van der Waals surface area contributed by atoms with Crippen molar-refractivity contribution in [1.29, 1.82) is 5.26 Å². The van der Waals surface area contributed by atoms with Crippen LogP contribution in [0.25, 0.3) is 0 Å². The monoisotopic (exact) mass is 307 g/mol. The number of carbonyl (C=O) groups excluding carboxylic acids is 1. The molecule has 0 spiro atoms. The van der Waals surface area contributed by atoms with Crippen LogP contribution in [0.15, 0.2) is 45.7 Å². The van der Waals surface area contributed by atoms with Crippen molar-refractivity contribution in [3.05, 3.63) is 58.2 Å². The molecule has 0 radical (unpaired) electrons. The number of carbonyl (C=O) groups is 1. The van der Waals surface area contributed by atoms with E-state index in [0.29, 0.717) is 11.1 Å². The molecular weight excluding hydrogens is 301 g/mol. The molecule has 2 rings (SSSR count). The molecule has 1 aromatic heterocycles. The Labute approximate surface area is 111 Å². The molecule has 1 heterocycles. The highest BCUT2D eigenvalue weighted by molar-refractivity contribution is 9.10. The maximum absolute atomic E-state index is 12.8. The van der Waals surface area contributed by atoms with Crippen LogP contribution in [0.1, 0.15) is 21.8 Å². The van der Waals surface area contributed by atoms with Crippen LogP contribution in [-0.2, 0) is 0 Å². The van der Waals surface area contributed by atoms with E-state index < -0.39 is 11.7 Å². The van der Waals surface area contributed by atoms with E-state index in [4.69, 9.17) is 9.68 Å². The first-order valence-corrected chi connectivity index (χ1v) is 5.85. The Balaban J connectivity index is 2.36. The van der Waals surface area contributed by atoms with Crippen LogP contribution < -0.4 is 0 Å². The minimum Gasteiger partial charge on any atom is -0.457 e. The summed E-state index contributed by atoms with van der Waals surface area (Å²) in [5, 5.41) is 9.10. The summed E-state index contributed by atoms with van der Waals surface area (Å²) in [6, 6.07) is 8.70. The molecule has 5 heteroatoms. The lowest BCUT2D eigenvalue weighted by molar-refractivity contribution is 0.0977. The van der Waals surface area contributed by atoms with Crippen LogP contribution in [0.5, 0.6) is 0 Å². The van der Waals surface area contributed by atoms with Crippen molar-refractivity contribution in [1.82, 2.24) is 0 Å². The second kappa shape index (κ2) is 5.15. The Morgan fingerprint density at radius 1 is 1.33 bits per heavy atom. The predicted molar refractivity (Wildman–Crippen MR) is 65.5 cm³/mol. The topological polar surface area (TPSA) is 54.0 Å². The summed E-state index contributed by atoms with van der Waals surface area (Å²) in [5.74, 6) is -1.77. The second-order valence-electron chi connectivity index (χ2n) is 3.59. The van der Waals surface area contributed by atoms with E-state index >= 15 is 0 Å². The Kier molecular flexibility index (Phi) is 3.58. The van der Waals surface area contributed by atoms with Crippen LogP contribution in [0, 0.1) is 17.1 Å². The molecule has 0 amide bonds. The summed E-state index contributed by atoms with van der Waals surface area (Å²) >= 11 is 3.09. The number of Topliss-reactive ketones (excluding diaryl/α,β-unsaturated/α-hetero) is 1. The third-order valence-corrected chi connectivity index (χ3v) is 3.09. The summed E-state index contributed by atoms with van der Waals surface area (Å²) in [5.41, 5.74) is 0.753. The van der Waals surface area contributed by atoms with Crippen molar-refractivity contribution in [2.45, 2.75) is 5.92 Å². The van der Waals surface area contributed by atoms with E-state index in [1.54, 1.807) is 0 Å². The summed E-state index contributed by atoms with van der Waals surface area (Å²) in [6.07, 6.45) is 1.36. The molecule has 0 saturated heterocycles. The van der Waals surface area contributed by atoms with E-state index in [0.717, 1.165) is 0 Å². The number of halogens is 2. The summed E-state index contributed by atoms with van der Waals surface area (Å²) < 4.78 is 18.1. The van der Waals surface area contributed by atoms with Crippen LogP contribution >= 0.6 is 15.9 Å². The Bertz CT molecular complexity index is 613. The largest absolute Gasteiger partial charge is 0.457 e. The van der Waals surface area contributed by atoms with Crippen molar-refractivity contribution >= 4 is 21.7 Å². The molecule has 18 heavy (non-hydrogen) atoms. The number of furan rings is 1. The van der Waals surface area contributed by atoms with E-state index in [2.05, 4.69) is 15.9 Å². The van der Waals surface area contributed by atoms with Crippen LogP contribution in [0.3, 0.4) is 0 Å². The van der Waals surface area contributed by atoms with Crippen molar-refractivity contribution in [3.63, 3.8) is 0 Å². The van der Waals surface area contributed by atoms with Gasteiger partial charge >= 0.3 is 0 Å². The quantitative estimate of drug-likeness (QED) is 0.813. The van der Waals surface area contributed by atoms with Gasteiger partial charge in [-0.25, -0.2) is 4.39 Å². The van der Waals surface area contributed by atoms with Crippen LogP contribution in [0.4, 0.5) is 4.39 Å². The van der Waals surface area contributed by atoms with Gasteiger partial charge in [0.25, 0.3) is 0 Å². The fourth-order valence-corrected chi connectivity index (χ4v) is 2.00. The SMILES string of the molecule is N#CC(C(=O)c1ccoc1Br)c1ccc(F)cc1. The second-order valence-corrected chi connectivity index (χ2v) is 4.31. The fraction of sp³-hybridized carbons (Fsp3) is 0.0769. The van der Waals surface area contributed by atoms with Gasteiger partial charge in [0.1, 0.15) is 11.7 Å². The Morgan fingerprint density at radius 3 is 2.50 bits per heavy atom. The van der Waals surface area contributed by atoms with Crippen molar-refractivity contribution in [2.24, 2.45) is 0 Å². The molecule has 0 aliphatic carbocycles. The number of ketones is 1. The van der Waals surface area contributed by atoms with Gasteiger partial charge in [-0.2, -0.15) is 5.26 Å². The molecule has 0 fully saturated rings. The number of hydrogen-bond acceptors (Lipinski definition) is 3. The molecule has 0 N–H and O–H groups in total. The highest BCUT2D eigenvalue weighted by Gasteiger charge is 2.24.